The lowest BCUT2D eigenvalue weighted by Gasteiger charge is -2.03. The molecule has 0 saturated carbocycles. The molecule has 0 aliphatic heterocycles. The van der Waals surface area contributed by atoms with Crippen molar-refractivity contribution in [3.63, 3.8) is 0 Å². The van der Waals surface area contributed by atoms with E-state index in [1.807, 2.05) is 14.0 Å². The van der Waals surface area contributed by atoms with Crippen molar-refractivity contribution < 1.29 is 9.90 Å². The van der Waals surface area contributed by atoms with E-state index in [-0.39, 0.29) is 12.4 Å². The number of imidazole rings is 1. The molecule has 0 atom stereocenters. The Bertz CT molecular complexity index is 605. The van der Waals surface area contributed by atoms with Crippen molar-refractivity contribution in [3.8, 4) is 0 Å². The highest BCUT2D eigenvalue weighted by Crippen LogP contribution is 2.25. The van der Waals surface area contributed by atoms with Gasteiger partial charge in [0.2, 0.25) is 0 Å². The molecule has 5 heteroatoms. The molecular formula is C13H15ClN2O2. The van der Waals surface area contributed by atoms with Gasteiger partial charge in [0.25, 0.3) is 0 Å². The Hall–Kier alpha value is -1.39. The Morgan fingerprint density at radius 2 is 2.22 bits per heavy atom. The summed E-state index contributed by atoms with van der Waals surface area (Å²) in [5, 5.41) is 9.61. The first kappa shape index (κ1) is 13.1. The fraction of sp³-hybridized carbons (Fsp3) is 0.385. The van der Waals surface area contributed by atoms with Crippen molar-refractivity contribution in [1.82, 2.24) is 9.55 Å². The first-order valence-corrected chi connectivity index (χ1v) is 6.25. The Balaban J connectivity index is 2.58. The summed E-state index contributed by atoms with van der Waals surface area (Å²) in [6.07, 6.45) is 1.27. The van der Waals surface area contributed by atoms with Crippen LogP contribution < -0.4 is 0 Å². The molecule has 0 saturated heterocycles. The van der Waals surface area contributed by atoms with Gasteiger partial charge in [-0.3, -0.25) is 4.79 Å². The van der Waals surface area contributed by atoms with Gasteiger partial charge < -0.3 is 9.67 Å². The first-order valence-electron chi connectivity index (χ1n) is 5.87. The summed E-state index contributed by atoms with van der Waals surface area (Å²) < 4.78 is 1.77. The largest absolute Gasteiger partial charge is 0.388 e. The van der Waals surface area contributed by atoms with E-state index in [1.165, 1.54) is 0 Å². The van der Waals surface area contributed by atoms with Gasteiger partial charge in [0.05, 0.1) is 16.1 Å². The van der Waals surface area contributed by atoms with Gasteiger partial charge in [-0.2, -0.15) is 0 Å². The fourth-order valence-electron chi connectivity index (χ4n) is 1.98. The second-order valence-electron chi connectivity index (χ2n) is 4.24. The molecule has 0 fully saturated rings. The number of benzene rings is 1. The quantitative estimate of drug-likeness (QED) is 0.866. The number of carbonyl (C=O) groups is 1. The molecule has 2 rings (SSSR count). The SMILES string of the molecule is CCCC(=O)c1cc2nc(CO)n(C)c2cc1Cl. The molecular weight excluding hydrogens is 252 g/mol. The van der Waals surface area contributed by atoms with Gasteiger partial charge in [-0.15, -0.1) is 0 Å². The molecule has 0 radical (unpaired) electrons. The third-order valence-corrected chi connectivity index (χ3v) is 3.29. The van der Waals surface area contributed by atoms with Crippen LogP contribution in [-0.2, 0) is 13.7 Å². The van der Waals surface area contributed by atoms with Crippen molar-refractivity contribution in [3.05, 3.63) is 28.5 Å². The number of aliphatic hydroxyl groups is 1. The molecule has 1 heterocycles. The number of halogens is 1. The van der Waals surface area contributed by atoms with Crippen LogP contribution in [0.25, 0.3) is 11.0 Å². The van der Waals surface area contributed by atoms with Crippen molar-refractivity contribution in [2.24, 2.45) is 7.05 Å². The van der Waals surface area contributed by atoms with Crippen LogP contribution in [0.5, 0.6) is 0 Å². The lowest BCUT2D eigenvalue weighted by atomic mass is 10.1. The monoisotopic (exact) mass is 266 g/mol. The lowest BCUT2D eigenvalue weighted by molar-refractivity contribution is 0.0982. The Kier molecular flexibility index (Phi) is 3.68. The molecule has 1 N–H and O–H groups in total. The first-order chi connectivity index (χ1) is 8.58. The van der Waals surface area contributed by atoms with Crippen molar-refractivity contribution in [2.75, 3.05) is 0 Å². The minimum absolute atomic E-state index is 0.0283. The predicted molar refractivity (Wildman–Crippen MR) is 70.9 cm³/mol. The summed E-state index contributed by atoms with van der Waals surface area (Å²) >= 11 is 6.13. The van der Waals surface area contributed by atoms with E-state index in [9.17, 15) is 4.79 Å². The van der Waals surface area contributed by atoms with E-state index in [2.05, 4.69) is 4.98 Å². The standard InChI is InChI=1S/C13H15ClN2O2/c1-3-4-12(18)8-5-10-11(6-9(8)14)16(2)13(7-17)15-10/h5-6,17H,3-4,7H2,1-2H3. The molecule has 0 amide bonds. The maximum atomic E-state index is 11.9. The van der Waals surface area contributed by atoms with E-state index in [0.717, 1.165) is 11.9 Å². The number of aliphatic hydroxyl groups excluding tert-OH is 1. The van der Waals surface area contributed by atoms with Crippen LogP contribution in [0.3, 0.4) is 0 Å². The van der Waals surface area contributed by atoms with Crippen LogP contribution in [0.2, 0.25) is 5.02 Å². The highest BCUT2D eigenvalue weighted by molar-refractivity contribution is 6.34. The molecule has 96 valence electrons. The topological polar surface area (TPSA) is 55.1 Å². The number of aromatic nitrogens is 2. The normalized spacial score (nSPS) is 11.1. The zero-order valence-electron chi connectivity index (χ0n) is 10.4. The molecule has 0 aliphatic rings. The van der Waals surface area contributed by atoms with Crippen LogP contribution in [0, 0.1) is 0 Å². The van der Waals surface area contributed by atoms with E-state index < -0.39 is 0 Å². The number of carbonyl (C=O) groups excluding carboxylic acids is 1. The van der Waals surface area contributed by atoms with Crippen LogP contribution in [0.1, 0.15) is 35.9 Å². The molecule has 2 aromatic rings. The fourth-order valence-corrected chi connectivity index (χ4v) is 2.24. The number of nitrogens with zero attached hydrogens (tertiary/aromatic N) is 2. The van der Waals surface area contributed by atoms with Crippen molar-refractivity contribution >= 4 is 28.4 Å². The molecule has 0 bridgehead atoms. The van der Waals surface area contributed by atoms with Crippen LogP contribution in [-0.4, -0.2) is 20.4 Å². The van der Waals surface area contributed by atoms with Crippen LogP contribution in [0.15, 0.2) is 12.1 Å². The maximum Gasteiger partial charge on any atom is 0.164 e. The number of aryl methyl sites for hydroxylation is 1. The molecule has 18 heavy (non-hydrogen) atoms. The third kappa shape index (κ3) is 2.13. The van der Waals surface area contributed by atoms with Gasteiger partial charge in [-0.1, -0.05) is 18.5 Å². The Morgan fingerprint density at radius 1 is 1.50 bits per heavy atom. The van der Waals surface area contributed by atoms with Gasteiger partial charge in [0.1, 0.15) is 12.4 Å². The Morgan fingerprint density at radius 3 is 2.83 bits per heavy atom. The summed E-state index contributed by atoms with van der Waals surface area (Å²) in [4.78, 5) is 16.2. The average molecular weight is 267 g/mol. The third-order valence-electron chi connectivity index (χ3n) is 2.98. The summed E-state index contributed by atoms with van der Waals surface area (Å²) in [7, 11) is 1.81. The zero-order valence-corrected chi connectivity index (χ0v) is 11.2. The molecule has 0 aliphatic carbocycles. The van der Waals surface area contributed by atoms with Gasteiger partial charge >= 0.3 is 0 Å². The number of hydrogen-bond donors (Lipinski definition) is 1. The second-order valence-corrected chi connectivity index (χ2v) is 4.65. The molecule has 4 nitrogen and oxygen atoms in total. The second kappa shape index (κ2) is 5.08. The average Bonchev–Trinajstić information content (AvgIpc) is 2.65. The summed E-state index contributed by atoms with van der Waals surface area (Å²) in [5.74, 6) is 0.585. The van der Waals surface area contributed by atoms with Crippen molar-refractivity contribution in [1.29, 1.82) is 0 Å². The summed E-state index contributed by atoms with van der Waals surface area (Å²) in [5.41, 5.74) is 2.01. The Labute approximate surface area is 110 Å². The van der Waals surface area contributed by atoms with E-state index in [0.29, 0.717) is 28.3 Å². The number of fused-ring (bicyclic) bond motifs is 1. The predicted octanol–water partition coefficient (Wildman–Crippen LogP) is 2.70. The van der Waals surface area contributed by atoms with E-state index in [1.54, 1.807) is 16.7 Å². The highest BCUT2D eigenvalue weighted by Gasteiger charge is 2.14. The molecule has 0 unspecified atom stereocenters. The lowest BCUT2D eigenvalue weighted by Crippen LogP contribution is -2.00. The summed E-state index contributed by atoms with van der Waals surface area (Å²) in [6.45, 7) is 1.82. The number of hydrogen-bond acceptors (Lipinski definition) is 3. The van der Waals surface area contributed by atoms with Gasteiger partial charge in [-0.25, -0.2) is 4.98 Å². The van der Waals surface area contributed by atoms with Crippen molar-refractivity contribution in [2.45, 2.75) is 26.4 Å². The van der Waals surface area contributed by atoms with E-state index in [4.69, 9.17) is 16.7 Å². The number of Topliss-reactive ketones (excluding diaryl/α,β-unsaturated/α-hetero) is 1. The smallest absolute Gasteiger partial charge is 0.164 e. The number of rotatable bonds is 4. The summed E-state index contributed by atoms with van der Waals surface area (Å²) in [6, 6.07) is 3.43. The molecule has 1 aromatic carbocycles. The van der Waals surface area contributed by atoms with Gasteiger partial charge in [0, 0.05) is 19.0 Å². The minimum Gasteiger partial charge on any atom is -0.388 e. The zero-order chi connectivity index (χ0) is 13.3. The minimum atomic E-state index is -0.138. The molecule has 0 spiro atoms. The number of ketones is 1. The van der Waals surface area contributed by atoms with E-state index >= 15 is 0 Å². The highest BCUT2D eigenvalue weighted by atomic mass is 35.5. The molecule has 1 aromatic heterocycles. The van der Waals surface area contributed by atoms with Crippen LogP contribution >= 0.6 is 11.6 Å². The van der Waals surface area contributed by atoms with Gasteiger partial charge in [-0.05, 0) is 18.6 Å². The van der Waals surface area contributed by atoms with Gasteiger partial charge in [0.15, 0.2) is 5.78 Å². The van der Waals surface area contributed by atoms with Crippen LogP contribution in [0.4, 0.5) is 0 Å². The maximum absolute atomic E-state index is 11.9.